The maximum atomic E-state index is 6.82. The molecule has 174 valence electrons. The van der Waals surface area contributed by atoms with E-state index in [0.29, 0.717) is 11.8 Å². The summed E-state index contributed by atoms with van der Waals surface area (Å²) in [6, 6.07) is 23.7. The summed E-state index contributed by atoms with van der Waals surface area (Å²) in [5.74, 6) is 1.57. The molecule has 0 bridgehead atoms. The molecule has 3 aromatic rings. The van der Waals surface area contributed by atoms with Gasteiger partial charge >= 0.3 is 0 Å². The molecule has 0 spiro atoms. The number of benzene rings is 3. The minimum Gasteiger partial charge on any atom is -0.497 e. The van der Waals surface area contributed by atoms with Crippen LogP contribution in [-0.2, 0) is 0 Å². The Balaban J connectivity index is 2.00. The Morgan fingerprint density at radius 3 is 2.35 bits per heavy atom. The summed E-state index contributed by atoms with van der Waals surface area (Å²) >= 11 is 6.82. The second-order valence-electron chi connectivity index (χ2n) is 8.98. The van der Waals surface area contributed by atoms with E-state index in [1.807, 2.05) is 19.1 Å². The van der Waals surface area contributed by atoms with Crippen molar-refractivity contribution in [1.82, 2.24) is 0 Å². The SMILES string of the molecule is C/C=C/c1ccc(/C(C2=Cc3ccccc3C(C)C2C)=C(/CC)c2ccc(OC)cc2Cl)cc1. The highest BCUT2D eigenvalue weighted by molar-refractivity contribution is 6.33. The maximum Gasteiger partial charge on any atom is 0.120 e. The second kappa shape index (κ2) is 10.5. The Kier molecular flexibility index (Phi) is 7.44. The molecule has 2 unspecified atom stereocenters. The summed E-state index contributed by atoms with van der Waals surface area (Å²) in [4.78, 5) is 0. The van der Waals surface area contributed by atoms with Crippen molar-refractivity contribution in [1.29, 1.82) is 0 Å². The third kappa shape index (κ3) is 4.63. The minimum absolute atomic E-state index is 0.374. The number of rotatable bonds is 6. The molecule has 34 heavy (non-hydrogen) atoms. The van der Waals surface area contributed by atoms with Gasteiger partial charge < -0.3 is 4.74 Å². The molecule has 0 radical (unpaired) electrons. The van der Waals surface area contributed by atoms with Crippen LogP contribution in [0.1, 0.15) is 67.9 Å². The number of allylic oxidation sites excluding steroid dienone is 4. The lowest BCUT2D eigenvalue weighted by molar-refractivity contribution is 0.415. The summed E-state index contributed by atoms with van der Waals surface area (Å²) in [5.41, 5.74) is 10.1. The van der Waals surface area contributed by atoms with E-state index < -0.39 is 0 Å². The third-order valence-corrected chi connectivity index (χ3v) is 7.35. The van der Waals surface area contributed by atoms with Crippen molar-refractivity contribution in [3.8, 4) is 5.75 Å². The fourth-order valence-electron chi connectivity index (χ4n) is 5.03. The van der Waals surface area contributed by atoms with Gasteiger partial charge in [-0.3, -0.25) is 0 Å². The van der Waals surface area contributed by atoms with E-state index in [2.05, 4.69) is 93.6 Å². The summed E-state index contributed by atoms with van der Waals surface area (Å²) in [5, 5.41) is 0.719. The summed E-state index contributed by atoms with van der Waals surface area (Å²) in [6.45, 7) is 8.96. The third-order valence-electron chi connectivity index (χ3n) is 7.04. The fourth-order valence-corrected chi connectivity index (χ4v) is 5.32. The molecule has 0 N–H and O–H groups in total. The Labute approximate surface area is 209 Å². The molecule has 1 aliphatic carbocycles. The van der Waals surface area contributed by atoms with Crippen LogP contribution in [0.3, 0.4) is 0 Å². The van der Waals surface area contributed by atoms with Crippen molar-refractivity contribution in [2.24, 2.45) is 5.92 Å². The molecule has 0 saturated heterocycles. The Bertz CT molecular complexity index is 1260. The topological polar surface area (TPSA) is 9.23 Å². The lowest BCUT2D eigenvalue weighted by Crippen LogP contribution is -2.16. The molecule has 3 aromatic carbocycles. The van der Waals surface area contributed by atoms with E-state index >= 15 is 0 Å². The van der Waals surface area contributed by atoms with Gasteiger partial charge in [0.2, 0.25) is 0 Å². The zero-order chi connectivity index (χ0) is 24.2. The molecule has 0 aliphatic heterocycles. The first-order chi connectivity index (χ1) is 16.5. The quantitative estimate of drug-likeness (QED) is 0.327. The summed E-state index contributed by atoms with van der Waals surface area (Å²) in [6.07, 6.45) is 7.47. The highest BCUT2D eigenvalue weighted by Crippen LogP contribution is 2.47. The van der Waals surface area contributed by atoms with Crippen LogP contribution in [0.5, 0.6) is 5.75 Å². The molecule has 0 heterocycles. The molecule has 2 atom stereocenters. The number of hydrogen-bond donors (Lipinski definition) is 0. The van der Waals surface area contributed by atoms with Gasteiger partial charge in [0.1, 0.15) is 5.75 Å². The molecule has 2 heteroatoms. The number of fused-ring (bicyclic) bond motifs is 1. The number of hydrogen-bond acceptors (Lipinski definition) is 1. The van der Waals surface area contributed by atoms with Crippen molar-refractivity contribution >= 4 is 34.9 Å². The van der Waals surface area contributed by atoms with Crippen LogP contribution in [0.2, 0.25) is 5.02 Å². The van der Waals surface area contributed by atoms with Crippen molar-refractivity contribution in [3.05, 3.63) is 111 Å². The predicted molar refractivity (Wildman–Crippen MR) is 148 cm³/mol. The van der Waals surface area contributed by atoms with Crippen molar-refractivity contribution in [2.45, 2.75) is 40.0 Å². The first-order valence-corrected chi connectivity index (χ1v) is 12.5. The van der Waals surface area contributed by atoms with Crippen LogP contribution >= 0.6 is 11.6 Å². The monoisotopic (exact) mass is 468 g/mol. The van der Waals surface area contributed by atoms with E-state index in [1.165, 1.54) is 39.0 Å². The van der Waals surface area contributed by atoms with Gasteiger partial charge in [0, 0.05) is 0 Å². The van der Waals surface area contributed by atoms with Gasteiger partial charge in [-0.15, -0.1) is 0 Å². The first-order valence-electron chi connectivity index (χ1n) is 12.1. The zero-order valence-electron chi connectivity index (χ0n) is 20.7. The van der Waals surface area contributed by atoms with Gasteiger partial charge in [-0.05, 0) is 87.9 Å². The molecule has 4 rings (SSSR count). The largest absolute Gasteiger partial charge is 0.497 e. The van der Waals surface area contributed by atoms with E-state index in [4.69, 9.17) is 16.3 Å². The van der Waals surface area contributed by atoms with Crippen molar-refractivity contribution < 1.29 is 4.74 Å². The highest BCUT2D eigenvalue weighted by atomic mass is 35.5. The van der Waals surface area contributed by atoms with Gasteiger partial charge in [-0.1, -0.05) is 99.1 Å². The Morgan fingerprint density at radius 2 is 1.71 bits per heavy atom. The fraction of sp³-hybridized carbons (Fsp3) is 0.250. The molecule has 1 aliphatic rings. The standard InChI is InChI=1S/C32H33ClO/c1-6-10-23-13-15-24(16-14-23)32(27(7-2)29-18-17-26(34-5)20-31(29)33)30-19-25-11-8-9-12-28(25)21(3)22(30)4/h6,8-22H,7H2,1-5H3/b10-6+,32-27+. The van der Waals surface area contributed by atoms with E-state index in [-0.39, 0.29) is 0 Å². The Morgan fingerprint density at radius 1 is 0.971 bits per heavy atom. The average Bonchev–Trinajstić information content (AvgIpc) is 2.86. The van der Waals surface area contributed by atoms with Crippen molar-refractivity contribution in [3.63, 3.8) is 0 Å². The molecular formula is C32H33ClO. The van der Waals surface area contributed by atoms with Crippen LogP contribution in [0.4, 0.5) is 0 Å². The molecule has 0 aromatic heterocycles. The van der Waals surface area contributed by atoms with Gasteiger partial charge in [0.05, 0.1) is 12.1 Å². The van der Waals surface area contributed by atoms with Gasteiger partial charge in [-0.2, -0.15) is 0 Å². The smallest absolute Gasteiger partial charge is 0.120 e. The summed E-state index contributed by atoms with van der Waals surface area (Å²) < 4.78 is 5.41. The van der Waals surface area contributed by atoms with Gasteiger partial charge in [0.15, 0.2) is 0 Å². The molecule has 0 saturated carbocycles. The van der Waals surface area contributed by atoms with Crippen LogP contribution < -0.4 is 4.74 Å². The maximum absolute atomic E-state index is 6.82. The average molecular weight is 469 g/mol. The van der Waals surface area contributed by atoms with E-state index in [9.17, 15) is 0 Å². The highest BCUT2D eigenvalue weighted by Gasteiger charge is 2.29. The molecule has 1 nitrogen and oxygen atoms in total. The lowest BCUT2D eigenvalue weighted by Gasteiger charge is -2.32. The molecule has 0 amide bonds. The molecular weight excluding hydrogens is 436 g/mol. The van der Waals surface area contributed by atoms with Gasteiger partial charge in [0.25, 0.3) is 0 Å². The van der Waals surface area contributed by atoms with E-state index in [0.717, 1.165) is 22.8 Å². The zero-order valence-corrected chi connectivity index (χ0v) is 21.5. The van der Waals surface area contributed by atoms with Crippen LogP contribution in [-0.4, -0.2) is 7.11 Å². The summed E-state index contributed by atoms with van der Waals surface area (Å²) in [7, 11) is 1.67. The minimum atomic E-state index is 0.374. The van der Waals surface area contributed by atoms with Gasteiger partial charge in [-0.25, -0.2) is 0 Å². The number of ether oxygens (including phenoxy) is 1. The Hall–Kier alpha value is -3.03. The number of methoxy groups -OCH3 is 1. The van der Waals surface area contributed by atoms with Crippen LogP contribution in [0, 0.1) is 5.92 Å². The second-order valence-corrected chi connectivity index (χ2v) is 9.39. The molecule has 0 fully saturated rings. The van der Waals surface area contributed by atoms with Crippen LogP contribution in [0.25, 0.3) is 23.3 Å². The predicted octanol–water partition coefficient (Wildman–Crippen LogP) is 9.54. The number of halogens is 1. The van der Waals surface area contributed by atoms with Crippen LogP contribution in [0.15, 0.2) is 78.4 Å². The van der Waals surface area contributed by atoms with Crippen molar-refractivity contribution in [2.75, 3.05) is 7.11 Å². The first kappa shape index (κ1) is 24.1. The van der Waals surface area contributed by atoms with E-state index in [1.54, 1.807) is 7.11 Å². The normalized spacial score (nSPS) is 18.4. The lowest BCUT2D eigenvalue weighted by atomic mass is 9.72.